The smallest absolute Gasteiger partial charge is 0.410 e. The Kier molecular flexibility index (Phi) is 9.25. The van der Waals surface area contributed by atoms with Crippen molar-refractivity contribution in [3.05, 3.63) is 12.7 Å². The fraction of sp³-hybridized carbons (Fsp3) is 0.733. The second kappa shape index (κ2) is 10.1. The van der Waals surface area contributed by atoms with Crippen LogP contribution in [0.1, 0.15) is 34.1 Å². The Morgan fingerprint density at radius 2 is 2.00 bits per heavy atom. The van der Waals surface area contributed by atoms with Gasteiger partial charge in [0.2, 0.25) is 0 Å². The molecule has 0 atom stereocenters. The van der Waals surface area contributed by atoms with Gasteiger partial charge in [-0.05, 0) is 27.2 Å². The number of rotatable bonds is 7. The molecule has 0 aromatic carbocycles. The predicted octanol–water partition coefficient (Wildman–Crippen LogP) is 1.98. The number of carbonyl (C=O) groups excluding carboxylic acids is 1. The number of carbonyl (C=O) groups is 1. The van der Waals surface area contributed by atoms with Gasteiger partial charge in [-0.15, -0.1) is 6.58 Å². The summed E-state index contributed by atoms with van der Waals surface area (Å²) in [5.41, 5.74) is -0.474. The van der Waals surface area contributed by atoms with E-state index in [4.69, 9.17) is 4.74 Å². The van der Waals surface area contributed by atoms with E-state index in [2.05, 4.69) is 22.2 Å². The highest BCUT2D eigenvalue weighted by atomic mass is 16.6. The first kappa shape index (κ1) is 19.3. The number of aliphatic imine (C=N–C) groups is 1. The molecule has 0 bridgehead atoms. The number of hydrogen-bond donors (Lipinski definition) is 2. The first-order valence-corrected chi connectivity index (χ1v) is 7.37. The molecule has 0 fully saturated rings. The van der Waals surface area contributed by atoms with E-state index in [0.717, 1.165) is 6.42 Å². The van der Waals surface area contributed by atoms with E-state index >= 15 is 0 Å². The van der Waals surface area contributed by atoms with Gasteiger partial charge in [-0.3, -0.25) is 4.99 Å². The summed E-state index contributed by atoms with van der Waals surface area (Å²) < 4.78 is 5.40. The number of ether oxygens (including phenoxy) is 1. The Balaban J connectivity index is 4.32. The maximum Gasteiger partial charge on any atom is 0.410 e. The summed E-state index contributed by atoms with van der Waals surface area (Å²) in [5.74, 6) is 0.690. The van der Waals surface area contributed by atoms with E-state index in [0.29, 0.717) is 32.1 Å². The monoisotopic (exact) mass is 298 g/mol. The third-order valence-electron chi connectivity index (χ3n) is 2.46. The maximum atomic E-state index is 12.1. The van der Waals surface area contributed by atoms with Crippen molar-refractivity contribution in [1.29, 1.82) is 0 Å². The minimum absolute atomic E-state index is 0.278. The Morgan fingerprint density at radius 3 is 2.48 bits per heavy atom. The third kappa shape index (κ3) is 9.76. The molecule has 0 radical (unpaired) electrons. The van der Waals surface area contributed by atoms with Gasteiger partial charge in [0, 0.05) is 33.2 Å². The van der Waals surface area contributed by atoms with Crippen LogP contribution in [-0.2, 0) is 4.74 Å². The van der Waals surface area contributed by atoms with E-state index in [1.165, 1.54) is 0 Å². The molecule has 0 saturated heterocycles. The van der Waals surface area contributed by atoms with E-state index in [-0.39, 0.29) is 6.09 Å². The molecule has 0 aliphatic rings. The zero-order chi connectivity index (χ0) is 16.3. The molecule has 0 aliphatic carbocycles. The SMILES string of the molecule is C=CCNC(=NC)NCCN(CCC)C(=O)OC(C)(C)C. The lowest BCUT2D eigenvalue weighted by Gasteiger charge is -2.27. The molecule has 0 unspecified atom stereocenters. The lowest BCUT2D eigenvalue weighted by molar-refractivity contribution is 0.0253. The van der Waals surface area contributed by atoms with Crippen LogP contribution in [0.15, 0.2) is 17.6 Å². The second-order valence-electron chi connectivity index (χ2n) is 5.64. The summed E-state index contributed by atoms with van der Waals surface area (Å²) in [6, 6.07) is 0. The van der Waals surface area contributed by atoms with Gasteiger partial charge in [-0.25, -0.2) is 4.79 Å². The van der Waals surface area contributed by atoms with Crippen molar-refractivity contribution in [1.82, 2.24) is 15.5 Å². The van der Waals surface area contributed by atoms with Crippen molar-refractivity contribution in [2.24, 2.45) is 4.99 Å². The van der Waals surface area contributed by atoms with E-state index in [1.54, 1.807) is 18.0 Å². The summed E-state index contributed by atoms with van der Waals surface area (Å²) in [4.78, 5) is 17.9. The maximum absolute atomic E-state index is 12.1. The van der Waals surface area contributed by atoms with Gasteiger partial charge in [-0.1, -0.05) is 13.0 Å². The highest BCUT2D eigenvalue weighted by molar-refractivity contribution is 5.79. The Hall–Kier alpha value is -1.72. The summed E-state index contributed by atoms with van der Waals surface area (Å²) in [6.45, 7) is 13.8. The molecule has 0 heterocycles. The highest BCUT2D eigenvalue weighted by Crippen LogP contribution is 2.09. The molecule has 0 saturated carbocycles. The topological polar surface area (TPSA) is 66.0 Å². The zero-order valence-corrected chi connectivity index (χ0v) is 14.0. The molecule has 0 spiro atoms. The molecule has 0 rings (SSSR count). The van der Waals surface area contributed by atoms with E-state index in [9.17, 15) is 4.79 Å². The van der Waals surface area contributed by atoms with Crippen molar-refractivity contribution in [3.63, 3.8) is 0 Å². The van der Waals surface area contributed by atoms with Gasteiger partial charge >= 0.3 is 6.09 Å². The molecular formula is C15H30N4O2. The van der Waals surface area contributed by atoms with Crippen LogP contribution in [0.2, 0.25) is 0 Å². The predicted molar refractivity (Wildman–Crippen MR) is 87.7 cm³/mol. The molecule has 0 aliphatic heterocycles. The van der Waals surface area contributed by atoms with Crippen molar-refractivity contribution in [2.45, 2.75) is 39.7 Å². The first-order valence-electron chi connectivity index (χ1n) is 7.37. The van der Waals surface area contributed by atoms with E-state index < -0.39 is 5.60 Å². The Morgan fingerprint density at radius 1 is 1.33 bits per heavy atom. The fourth-order valence-corrected chi connectivity index (χ4v) is 1.59. The molecule has 21 heavy (non-hydrogen) atoms. The van der Waals surface area contributed by atoms with Crippen molar-refractivity contribution in [2.75, 3.05) is 33.2 Å². The summed E-state index contributed by atoms with van der Waals surface area (Å²) in [7, 11) is 1.70. The molecule has 122 valence electrons. The zero-order valence-electron chi connectivity index (χ0n) is 14.0. The number of guanidine groups is 1. The minimum Gasteiger partial charge on any atom is -0.444 e. The fourth-order valence-electron chi connectivity index (χ4n) is 1.59. The van der Waals surface area contributed by atoms with Gasteiger partial charge < -0.3 is 20.3 Å². The summed E-state index contributed by atoms with van der Waals surface area (Å²) in [5, 5.41) is 6.23. The molecule has 0 aromatic rings. The van der Waals surface area contributed by atoms with Gasteiger partial charge in [0.05, 0.1) is 0 Å². The average molecular weight is 298 g/mol. The van der Waals surface area contributed by atoms with E-state index in [1.807, 2.05) is 27.7 Å². The molecule has 6 heteroatoms. The van der Waals surface area contributed by atoms with Crippen molar-refractivity contribution in [3.8, 4) is 0 Å². The molecule has 0 aromatic heterocycles. The molecule has 1 amide bonds. The lowest BCUT2D eigenvalue weighted by Crippen LogP contribution is -2.44. The van der Waals surface area contributed by atoms with Crippen LogP contribution >= 0.6 is 0 Å². The first-order chi connectivity index (χ1) is 9.84. The standard InChI is InChI=1S/C15H30N4O2/c1-7-9-17-13(16-6)18-10-12-19(11-8-2)14(20)21-15(3,4)5/h7H,1,8-12H2,2-6H3,(H2,16,17,18). The van der Waals surface area contributed by atoms with Gasteiger partial charge in [0.25, 0.3) is 0 Å². The van der Waals surface area contributed by atoms with Crippen molar-refractivity contribution < 1.29 is 9.53 Å². The Bertz CT molecular complexity index is 348. The summed E-state index contributed by atoms with van der Waals surface area (Å²) in [6.07, 6.45) is 2.37. The normalized spacial score (nSPS) is 11.8. The van der Waals surface area contributed by atoms with Gasteiger partial charge in [0.15, 0.2) is 5.96 Å². The van der Waals surface area contributed by atoms with Crippen LogP contribution in [0, 0.1) is 0 Å². The minimum atomic E-state index is -0.474. The Labute approximate surface area is 128 Å². The third-order valence-corrected chi connectivity index (χ3v) is 2.46. The highest BCUT2D eigenvalue weighted by Gasteiger charge is 2.21. The summed E-state index contributed by atoms with van der Waals surface area (Å²) >= 11 is 0. The van der Waals surface area contributed by atoms with Gasteiger partial charge in [0.1, 0.15) is 5.60 Å². The van der Waals surface area contributed by atoms with Gasteiger partial charge in [-0.2, -0.15) is 0 Å². The van der Waals surface area contributed by atoms with Crippen molar-refractivity contribution >= 4 is 12.1 Å². The number of hydrogen-bond acceptors (Lipinski definition) is 3. The molecule has 2 N–H and O–H groups in total. The van der Waals surface area contributed by atoms with Crippen LogP contribution in [0.3, 0.4) is 0 Å². The molecule has 6 nitrogen and oxygen atoms in total. The molecular weight excluding hydrogens is 268 g/mol. The second-order valence-corrected chi connectivity index (χ2v) is 5.64. The van der Waals surface area contributed by atoms with Crippen LogP contribution in [-0.4, -0.2) is 55.8 Å². The van der Waals surface area contributed by atoms with Crippen LogP contribution in [0.5, 0.6) is 0 Å². The average Bonchev–Trinajstić information content (AvgIpc) is 2.39. The van der Waals surface area contributed by atoms with Crippen LogP contribution < -0.4 is 10.6 Å². The number of amides is 1. The number of nitrogens with one attached hydrogen (secondary N) is 2. The van der Waals surface area contributed by atoms with Crippen LogP contribution in [0.4, 0.5) is 4.79 Å². The quantitative estimate of drug-likeness (QED) is 0.428. The largest absolute Gasteiger partial charge is 0.444 e. The number of nitrogens with zero attached hydrogens (tertiary/aromatic N) is 2. The lowest BCUT2D eigenvalue weighted by atomic mass is 10.2. The van der Waals surface area contributed by atoms with Crippen LogP contribution in [0.25, 0.3) is 0 Å².